The van der Waals surface area contributed by atoms with Crippen molar-refractivity contribution in [2.75, 3.05) is 31.6 Å². The number of anilines is 1. The molecule has 0 bridgehead atoms. The number of likely N-dealkylation sites (tertiary alicyclic amines) is 1. The van der Waals surface area contributed by atoms with Crippen LogP contribution in [0.25, 0.3) is 0 Å². The van der Waals surface area contributed by atoms with Gasteiger partial charge in [-0.1, -0.05) is 6.42 Å². The maximum absolute atomic E-state index is 10.7. The molecule has 0 aromatic carbocycles. The molecule has 6 heteroatoms. The Morgan fingerprint density at radius 3 is 3.05 bits per heavy atom. The van der Waals surface area contributed by atoms with Crippen molar-refractivity contribution in [3.8, 4) is 0 Å². The molecule has 19 heavy (non-hydrogen) atoms. The minimum atomic E-state index is -1.06. The molecule has 1 aliphatic heterocycles. The van der Waals surface area contributed by atoms with Crippen molar-refractivity contribution in [1.82, 2.24) is 9.88 Å². The Labute approximate surface area is 113 Å². The average Bonchev–Trinajstić information content (AvgIpc) is 2.87. The third-order valence-corrected chi connectivity index (χ3v) is 3.70. The number of nitrogens with zero attached hydrogens (tertiary/aromatic N) is 3. The van der Waals surface area contributed by atoms with Gasteiger partial charge < -0.3 is 14.4 Å². The second-order valence-electron chi connectivity index (χ2n) is 5.12. The molecule has 6 nitrogen and oxygen atoms in total. The van der Waals surface area contributed by atoms with Crippen LogP contribution in [0.5, 0.6) is 0 Å². The van der Waals surface area contributed by atoms with Crippen molar-refractivity contribution in [3.63, 3.8) is 0 Å². The van der Waals surface area contributed by atoms with Gasteiger partial charge in [-0.3, -0.25) is 4.90 Å². The lowest BCUT2D eigenvalue weighted by molar-refractivity contribution is 0.0690. The summed E-state index contributed by atoms with van der Waals surface area (Å²) in [5.41, 5.74) is -0.0480. The second kappa shape index (κ2) is 6.06. The van der Waals surface area contributed by atoms with Crippen molar-refractivity contribution >= 4 is 12.0 Å². The summed E-state index contributed by atoms with van der Waals surface area (Å²) in [6.45, 7) is 5.13. The molecule has 1 aromatic heterocycles. The van der Waals surface area contributed by atoms with E-state index in [1.165, 1.54) is 25.5 Å². The minimum absolute atomic E-state index is 0.0480. The van der Waals surface area contributed by atoms with Crippen LogP contribution in [0.1, 0.15) is 36.7 Å². The van der Waals surface area contributed by atoms with Gasteiger partial charge in [0, 0.05) is 26.2 Å². The Kier molecular flexibility index (Phi) is 4.42. The molecule has 1 aromatic rings. The zero-order chi connectivity index (χ0) is 13.8. The Morgan fingerprint density at radius 1 is 1.63 bits per heavy atom. The van der Waals surface area contributed by atoms with Gasteiger partial charge in [-0.25, -0.2) is 4.79 Å². The van der Waals surface area contributed by atoms with E-state index in [2.05, 4.69) is 16.8 Å². The second-order valence-corrected chi connectivity index (χ2v) is 5.12. The fraction of sp³-hybridized carbons (Fsp3) is 0.692. The third kappa shape index (κ3) is 3.47. The maximum Gasteiger partial charge on any atom is 0.357 e. The first-order chi connectivity index (χ1) is 9.08. The molecule has 106 valence electrons. The van der Waals surface area contributed by atoms with E-state index in [0.717, 1.165) is 19.6 Å². The average molecular weight is 267 g/mol. The molecule has 2 heterocycles. The van der Waals surface area contributed by atoms with E-state index in [9.17, 15) is 4.79 Å². The number of carboxylic acid groups (broad SMARTS) is 1. The van der Waals surface area contributed by atoms with Crippen LogP contribution in [0, 0.1) is 0 Å². The Morgan fingerprint density at radius 2 is 2.42 bits per heavy atom. The first-order valence-corrected chi connectivity index (χ1v) is 6.72. The van der Waals surface area contributed by atoms with Crippen LogP contribution < -0.4 is 4.90 Å². The van der Waals surface area contributed by atoms with Gasteiger partial charge in [-0.2, -0.15) is 4.98 Å². The first kappa shape index (κ1) is 13.9. The zero-order valence-electron chi connectivity index (χ0n) is 11.5. The smallest absolute Gasteiger partial charge is 0.357 e. The predicted molar refractivity (Wildman–Crippen MR) is 71.6 cm³/mol. The Balaban J connectivity index is 1.86. The summed E-state index contributed by atoms with van der Waals surface area (Å²) in [4.78, 5) is 19.0. The Hall–Kier alpha value is -1.56. The highest BCUT2D eigenvalue weighted by Gasteiger charge is 2.19. The molecule has 1 fully saturated rings. The van der Waals surface area contributed by atoms with Crippen molar-refractivity contribution < 1.29 is 14.3 Å². The fourth-order valence-corrected chi connectivity index (χ4v) is 2.40. The van der Waals surface area contributed by atoms with Crippen molar-refractivity contribution in [1.29, 1.82) is 0 Å². The number of aromatic nitrogens is 1. The minimum Gasteiger partial charge on any atom is -0.476 e. The van der Waals surface area contributed by atoms with E-state index < -0.39 is 5.97 Å². The molecule has 1 atom stereocenters. The summed E-state index contributed by atoms with van der Waals surface area (Å²) in [5.74, 6) is -1.06. The number of piperidine rings is 1. The van der Waals surface area contributed by atoms with Crippen LogP contribution >= 0.6 is 0 Å². The summed E-state index contributed by atoms with van der Waals surface area (Å²) in [6.07, 6.45) is 5.01. The SMILES string of the molecule is CC1CCCCN1CCN(C)c1nc(C(=O)O)co1. The highest BCUT2D eigenvalue weighted by Crippen LogP contribution is 2.17. The predicted octanol–water partition coefficient (Wildman–Crippen LogP) is 1.68. The summed E-state index contributed by atoms with van der Waals surface area (Å²) < 4.78 is 5.17. The molecule has 1 aliphatic rings. The molecule has 1 saturated heterocycles. The van der Waals surface area contributed by atoms with E-state index in [-0.39, 0.29) is 5.69 Å². The quantitative estimate of drug-likeness (QED) is 0.875. The van der Waals surface area contributed by atoms with Crippen molar-refractivity contribution in [3.05, 3.63) is 12.0 Å². The van der Waals surface area contributed by atoms with Crippen LogP contribution in [0.4, 0.5) is 6.01 Å². The van der Waals surface area contributed by atoms with Gasteiger partial charge in [-0.15, -0.1) is 0 Å². The normalized spacial score (nSPS) is 20.4. The van der Waals surface area contributed by atoms with Gasteiger partial charge in [0.2, 0.25) is 0 Å². The molecule has 0 saturated carbocycles. The molecular weight excluding hydrogens is 246 g/mol. The lowest BCUT2D eigenvalue weighted by atomic mass is 10.0. The summed E-state index contributed by atoms with van der Waals surface area (Å²) in [6, 6.07) is 0.989. The van der Waals surface area contributed by atoms with Crippen LogP contribution in [0.15, 0.2) is 10.7 Å². The molecule has 2 rings (SSSR count). The van der Waals surface area contributed by atoms with Crippen LogP contribution in [0.2, 0.25) is 0 Å². The summed E-state index contributed by atoms with van der Waals surface area (Å²) in [5, 5.41) is 8.80. The van der Waals surface area contributed by atoms with Crippen LogP contribution in [-0.2, 0) is 0 Å². The van der Waals surface area contributed by atoms with Gasteiger partial charge in [0.15, 0.2) is 5.69 Å². The molecule has 1 N–H and O–H groups in total. The zero-order valence-corrected chi connectivity index (χ0v) is 11.5. The monoisotopic (exact) mass is 267 g/mol. The summed E-state index contributed by atoms with van der Waals surface area (Å²) >= 11 is 0. The van der Waals surface area contributed by atoms with E-state index in [4.69, 9.17) is 9.52 Å². The Bertz CT molecular complexity index is 433. The third-order valence-electron chi connectivity index (χ3n) is 3.70. The first-order valence-electron chi connectivity index (χ1n) is 6.72. The molecule has 0 spiro atoms. The highest BCUT2D eigenvalue weighted by molar-refractivity contribution is 5.85. The molecule has 0 amide bonds. The summed E-state index contributed by atoms with van der Waals surface area (Å²) in [7, 11) is 1.87. The molecular formula is C13H21N3O3. The van der Waals surface area contributed by atoms with E-state index in [1.54, 1.807) is 0 Å². The number of rotatable bonds is 5. The van der Waals surface area contributed by atoms with E-state index in [0.29, 0.717) is 12.1 Å². The van der Waals surface area contributed by atoms with Crippen molar-refractivity contribution in [2.45, 2.75) is 32.2 Å². The largest absolute Gasteiger partial charge is 0.476 e. The molecule has 1 unspecified atom stereocenters. The van der Waals surface area contributed by atoms with Crippen molar-refractivity contribution in [2.24, 2.45) is 0 Å². The van der Waals surface area contributed by atoms with Gasteiger partial charge in [-0.05, 0) is 26.3 Å². The fourth-order valence-electron chi connectivity index (χ4n) is 2.40. The molecule has 0 radical (unpaired) electrons. The number of hydrogen-bond donors (Lipinski definition) is 1. The number of carbonyl (C=O) groups is 1. The standard InChI is InChI=1S/C13H21N3O3/c1-10-5-3-4-6-16(10)8-7-15(2)13-14-11(9-19-13)12(17)18/h9-10H,3-8H2,1-2H3,(H,17,18). The van der Waals surface area contributed by atoms with E-state index in [1.807, 2.05) is 11.9 Å². The number of oxazole rings is 1. The topological polar surface area (TPSA) is 69.8 Å². The van der Waals surface area contributed by atoms with Crippen LogP contribution in [0.3, 0.4) is 0 Å². The van der Waals surface area contributed by atoms with E-state index >= 15 is 0 Å². The number of aromatic carboxylic acids is 1. The van der Waals surface area contributed by atoms with Gasteiger partial charge >= 0.3 is 5.97 Å². The van der Waals surface area contributed by atoms with Gasteiger partial charge in [0.1, 0.15) is 6.26 Å². The molecule has 0 aliphatic carbocycles. The van der Waals surface area contributed by atoms with Gasteiger partial charge in [0.25, 0.3) is 6.01 Å². The lowest BCUT2D eigenvalue weighted by Gasteiger charge is -2.34. The lowest BCUT2D eigenvalue weighted by Crippen LogP contribution is -2.41. The van der Waals surface area contributed by atoms with Crippen LogP contribution in [-0.4, -0.2) is 53.7 Å². The highest BCUT2D eigenvalue weighted by atomic mass is 16.4. The maximum atomic E-state index is 10.7. The van der Waals surface area contributed by atoms with Gasteiger partial charge in [0.05, 0.1) is 0 Å². The number of likely N-dealkylation sites (N-methyl/N-ethyl adjacent to an activating group) is 1. The number of hydrogen-bond acceptors (Lipinski definition) is 5. The number of carboxylic acids is 1.